The van der Waals surface area contributed by atoms with Crippen molar-refractivity contribution >= 4 is 22.7 Å². The molecule has 2 heterocycles. The van der Waals surface area contributed by atoms with E-state index in [1.165, 1.54) is 0 Å². The smallest absolute Gasteiger partial charge is 0.230 e. The molecule has 1 aliphatic rings. The van der Waals surface area contributed by atoms with Crippen LogP contribution in [0.1, 0.15) is 48.9 Å². The van der Waals surface area contributed by atoms with E-state index in [0.29, 0.717) is 19.5 Å². The molecule has 0 bridgehead atoms. The number of para-hydroxylation sites is 1. The minimum atomic E-state index is -0.0859. The van der Waals surface area contributed by atoms with Gasteiger partial charge in [-0.2, -0.15) is 0 Å². The van der Waals surface area contributed by atoms with E-state index in [1.54, 1.807) is 0 Å². The Morgan fingerprint density at radius 2 is 1.74 bits per heavy atom. The Hall–Kier alpha value is -3.08. The highest BCUT2D eigenvalue weighted by Crippen LogP contribution is 2.25. The molecule has 2 amide bonds. The zero-order chi connectivity index (χ0) is 21.8. The molecular weight excluding hydrogens is 386 g/mol. The Bertz CT molecular complexity index is 1050. The molecule has 2 N–H and O–H groups in total. The Labute approximate surface area is 183 Å². The van der Waals surface area contributed by atoms with Crippen LogP contribution in [-0.2, 0) is 16.0 Å². The number of likely N-dealkylation sites (tertiary alicyclic amines) is 1. The molecule has 3 aromatic rings. The first-order valence-corrected chi connectivity index (χ1v) is 11.3. The summed E-state index contributed by atoms with van der Waals surface area (Å²) >= 11 is 0. The van der Waals surface area contributed by atoms with Crippen molar-refractivity contribution in [1.29, 1.82) is 0 Å². The summed E-state index contributed by atoms with van der Waals surface area (Å²) in [5.74, 6) is 0.165. The number of nitrogens with zero attached hydrogens (tertiary/aromatic N) is 1. The van der Waals surface area contributed by atoms with Gasteiger partial charge in [0, 0.05) is 35.7 Å². The van der Waals surface area contributed by atoms with E-state index < -0.39 is 0 Å². The molecule has 0 aliphatic carbocycles. The molecule has 1 fully saturated rings. The van der Waals surface area contributed by atoms with Crippen LogP contribution < -0.4 is 5.32 Å². The standard InChI is InChI=1S/C26H31N3O2/c1-3-21(19-9-5-4-6-10-19)26(31)29-15-13-20(14-16-29)28-25(30)17-23-18(2)27-24-12-8-7-11-22(23)24/h4-12,20-21,27H,3,13-17H2,1-2H3,(H,28,30). The number of amides is 2. The molecule has 2 aromatic carbocycles. The van der Waals surface area contributed by atoms with E-state index in [-0.39, 0.29) is 23.8 Å². The van der Waals surface area contributed by atoms with Gasteiger partial charge in [0.15, 0.2) is 0 Å². The van der Waals surface area contributed by atoms with Crippen molar-refractivity contribution in [3.05, 3.63) is 71.4 Å². The molecule has 0 spiro atoms. The molecule has 1 unspecified atom stereocenters. The Kier molecular flexibility index (Phi) is 6.40. The summed E-state index contributed by atoms with van der Waals surface area (Å²) in [6.07, 6.45) is 2.77. The Morgan fingerprint density at radius 3 is 2.45 bits per heavy atom. The molecule has 5 nitrogen and oxygen atoms in total. The van der Waals surface area contributed by atoms with E-state index >= 15 is 0 Å². The predicted molar refractivity (Wildman–Crippen MR) is 124 cm³/mol. The van der Waals surface area contributed by atoms with E-state index in [4.69, 9.17) is 0 Å². The number of piperidine rings is 1. The number of hydrogen-bond acceptors (Lipinski definition) is 2. The molecule has 1 aromatic heterocycles. The number of rotatable bonds is 6. The summed E-state index contributed by atoms with van der Waals surface area (Å²) in [5, 5.41) is 4.31. The average molecular weight is 418 g/mol. The van der Waals surface area contributed by atoms with Crippen molar-refractivity contribution in [2.45, 2.75) is 51.5 Å². The van der Waals surface area contributed by atoms with Crippen LogP contribution in [0.4, 0.5) is 0 Å². The molecule has 0 saturated carbocycles. The van der Waals surface area contributed by atoms with E-state index in [9.17, 15) is 9.59 Å². The molecule has 5 heteroatoms. The second kappa shape index (κ2) is 9.38. The minimum absolute atomic E-state index is 0.0494. The minimum Gasteiger partial charge on any atom is -0.358 e. The fraction of sp³-hybridized carbons (Fsp3) is 0.385. The van der Waals surface area contributed by atoms with Gasteiger partial charge in [-0.15, -0.1) is 0 Å². The highest BCUT2D eigenvalue weighted by molar-refractivity contribution is 5.90. The van der Waals surface area contributed by atoms with Gasteiger partial charge in [-0.3, -0.25) is 9.59 Å². The third kappa shape index (κ3) is 4.66. The summed E-state index contributed by atoms with van der Waals surface area (Å²) < 4.78 is 0. The maximum absolute atomic E-state index is 13.1. The SMILES string of the molecule is CCC(C(=O)N1CCC(NC(=O)Cc2c(C)[nH]c3ccccc23)CC1)c1ccccc1. The summed E-state index contributed by atoms with van der Waals surface area (Å²) in [5.41, 5.74) is 4.26. The molecule has 0 radical (unpaired) electrons. The number of aromatic amines is 1. The van der Waals surface area contributed by atoms with Crippen LogP contribution in [0.15, 0.2) is 54.6 Å². The second-order valence-electron chi connectivity index (χ2n) is 8.49. The fourth-order valence-electron chi connectivity index (χ4n) is 4.70. The van der Waals surface area contributed by atoms with E-state index in [0.717, 1.165) is 47.0 Å². The van der Waals surface area contributed by atoms with Crippen LogP contribution in [-0.4, -0.2) is 40.8 Å². The lowest BCUT2D eigenvalue weighted by Gasteiger charge is -2.34. The van der Waals surface area contributed by atoms with Gasteiger partial charge in [-0.05, 0) is 43.4 Å². The monoisotopic (exact) mass is 417 g/mol. The van der Waals surface area contributed by atoms with Gasteiger partial charge in [-0.25, -0.2) is 0 Å². The van der Waals surface area contributed by atoms with Crippen molar-refractivity contribution < 1.29 is 9.59 Å². The van der Waals surface area contributed by atoms with Crippen molar-refractivity contribution in [1.82, 2.24) is 15.2 Å². The van der Waals surface area contributed by atoms with Crippen LogP contribution in [0.2, 0.25) is 0 Å². The molecule has 1 saturated heterocycles. The number of aryl methyl sites for hydroxylation is 1. The first-order valence-electron chi connectivity index (χ1n) is 11.3. The quantitative estimate of drug-likeness (QED) is 0.627. The summed E-state index contributed by atoms with van der Waals surface area (Å²) in [7, 11) is 0. The lowest BCUT2D eigenvalue weighted by molar-refractivity contribution is -0.134. The van der Waals surface area contributed by atoms with Crippen LogP contribution in [0, 0.1) is 6.92 Å². The maximum atomic E-state index is 13.1. The number of aromatic nitrogens is 1. The van der Waals surface area contributed by atoms with Crippen LogP contribution in [0.25, 0.3) is 10.9 Å². The zero-order valence-corrected chi connectivity index (χ0v) is 18.4. The average Bonchev–Trinajstić information content (AvgIpc) is 3.10. The number of carbonyl (C=O) groups is 2. The molecule has 162 valence electrons. The Morgan fingerprint density at radius 1 is 1.06 bits per heavy atom. The molecule has 31 heavy (non-hydrogen) atoms. The van der Waals surface area contributed by atoms with Gasteiger partial charge in [-0.1, -0.05) is 55.5 Å². The maximum Gasteiger partial charge on any atom is 0.230 e. The van der Waals surface area contributed by atoms with Gasteiger partial charge in [0.1, 0.15) is 0 Å². The first-order chi connectivity index (χ1) is 15.1. The van der Waals surface area contributed by atoms with Crippen LogP contribution in [0.3, 0.4) is 0 Å². The lowest BCUT2D eigenvalue weighted by Crippen LogP contribution is -2.48. The Balaban J connectivity index is 1.32. The van der Waals surface area contributed by atoms with E-state index in [2.05, 4.69) is 23.3 Å². The number of nitrogens with one attached hydrogen (secondary N) is 2. The van der Waals surface area contributed by atoms with Gasteiger partial charge < -0.3 is 15.2 Å². The molecular formula is C26H31N3O2. The van der Waals surface area contributed by atoms with Gasteiger partial charge >= 0.3 is 0 Å². The van der Waals surface area contributed by atoms with Gasteiger partial charge in [0.05, 0.1) is 12.3 Å². The van der Waals surface area contributed by atoms with Gasteiger partial charge in [0.2, 0.25) is 11.8 Å². The number of benzene rings is 2. The zero-order valence-electron chi connectivity index (χ0n) is 18.4. The highest BCUT2D eigenvalue weighted by atomic mass is 16.2. The van der Waals surface area contributed by atoms with E-state index in [1.807, 2.05) is 60.4 Å². The molecule has 1 aliphatic heterocycles. The normalized spacial score (nSPS) is 15.7. The fourth-order valence-corrected chi connectivity index (χ4v) is 4.70. The van der Waals surface area contributed by atoms with Crippen LogP contribution in [0.5, 0.6) is 0 Å². The third-order valence-electron chi connectivity index (χ3n) is 6.44. The number of fused-ring (bicyclic) bond motifs is 1. The lowest BCUT2D eigenvalue weighted by atomic mass is 9.93. The molecule has 1 atom stereocenters. The molecule has 4 rings (SSSR count). The second-order valence-corrected chi connectivity index (χ2v) is 8.49. The largest absolute Gasteiger partial charge is 0.358 e. The number of hydrogen-bond donors (Lipinski definition) is 2. The first kappa shape index (κ1) is 21.2. The number of carbonyl (C=O) groups excluding carboxylic acids is 2. The number of H-pyrrole nitrogens is 1. The van der Waals surface area contributed by atoms with Crippen molar-refractivity contribution in [2.75, 3.05) is 13.1 Å². The van der Waals surface area contributed by atoms with Crippen molar-refractivity contribution in [2.24, 2.45) is 0 Å². The summed E-state index contributed by atoms with van der Waals surface area (Å²) in [4.78, 5) is 31.1. The summed E-state index contributed by atoms with van der Waals surface area (Å²) in [6, 6.07) is 18.2. The topological polar surface area (TPSA) is 65.2 Å². The highest BCUT2D eigenvalue weighted by Gasteiger charge is 2.29. The summed E-state index contributed by atoms with van der Waals surface area (Å²) in [6.45, 7) is 5.47. The van der Waals surface area contributed by atoms with Crippen molar-refractivity contribution in [3.63, 3.8) is 0 Å². The van der Waals surface area contributed by atoms with Crippen LogP contribution >= 0.6 is 0 Å². The van der Waals surface area contributed by atoms with Crippen molar-refractivity contribution in [3.8, 4) is 0 Å². The predicted octanol–water partition coefficient (Wildman–Crippen LogP) is 4.32. The third-order valence-corrected chi connectivity index (χ3v) is 6.44. The van der Waals surface area contributed by atoms with Gasteiger partial charge in [0.25, 0.3) is 0 Å².